The molecule has 0 bridgehead atoms. The van der Waals surface area contributed by atoms with Gasteiger partial charge < -0.3 is 14.8 Å². The molecular formula is C20H32N2O3. The molecule has 5 nitrogen and oxygen atoms in total. The van der Waals surface area contributed by atoms with Crippen LogP contribution in [0.4, 0.5) is 0 Å². The first-order chi connectivity index (χ1) is 12.0. The first kappa shape index (κ1) is 19.6. The Labute approximate surface area is 151 Å². The van der Waals surface area contributed by atoms with Crippen LogP contribution in [0, 0.1) is 5.92 Å². The summed E-state index contributed by atoms with van der Waals surface area (Å²) in [7, 11) is 3.30. The van der Waals surface area contributed by atoms with E-state index in [1.807, 2.05) is 12.1 Å². The van der Waals surface area contributed by atoms with Crippen LogP contribution in [0.5, 0.6) is 11.5 Å². The van der Waals surface area contributed by atoms with Gasteiger partial charge in [-0.25, -0.2) is 0 Å². The van der Waals surface area contributed by atoms with Gasteiger partial charge in [0.25, 0.3) is 0 Å². The highest BCUT2D eigenvalue weighted by Crippen LogP contribution is 2.32. The summed E-state index contributed by atoms with van der Waals surface area (Å²) >= 11 is 0. The molecular weight excluding hydrogens is 316 g/mol. The van der Waals surface area contributed by atoms with Gasteiger partial charge in [-0.2, -0.15) is 0 Å². The SMILES string of the molecule is COc1ccc(C(CNC(=O)CC(C)C)N2CCCCC2)cc1OC. The van der Waals surface area contributed by atoms with Crippen LogP contribution in [0.1, 0.15) is 51.1 Å². The monoisotopic (exact) mass is 348 g/mol. The molecule has 1 aliphatic rings. The van der Waals surface area contributed by atoms with Gasteiger partial charge in [0.15, 0.2) is 11.5 Å². The summed E-state index contributed by atoms with van der Waals surface area (Å²) in [5.74, 6) is 1.95. The summed E-state index contributed by atoms with van der Waals surface area (Å²) < 4.78 is 10.8. The molecule has 1 fully saturated rings. The molecule has 2 rings (SSSR count). The lowest BCUT2D eigenvalue weighted by Gasteiger charge is -2.35. The maximum Gasteiger partial charge on any atom is 0.220 e. The van der Waals surface area contributed by atoms with Crippen molar-refractivity contribution in [1.82, 2.24) is 10.2 Å². The molecule has 25 heavy (non-hydrogen) atoms. The Kier molecular flexibility index (Phi) is 7.56. The summed E-state index contributed by atoms with van der Waals surface area (Å²) in [5.41, 5.74) is 1.16. The van der Waals surface area contributed by atoms with E-state index in [-0.39, 0.29) is 11.9 Å². The zero-order chi connectivity index (χ0) is 18.2. The fourth-order valence-electron chi connectivity index (χ4n) is 3.40. The Morgan fingerprint density at radius 1 is 1.12 bits per heavy atom. The molecule has 1 amide bonds. The molecule has 1 saturated heterocycles. The van der Waals surface area contributed by atoms with Gasteiger partial charge in [0.05, 0.1) is 20.3 Å². The van der Waals surface area contributed by atoms with Gasteiger partial charge in [0, 0.05) is 13.0 Å². The summed E-state index contributed by atoms with van der Waals surface area (Å²) in [5, 5.41) is 3.12. The van der Waals surface area contributed by atoms with Crippen LogP contribution >= 0.6 is 0 Å². The third-order valence-corrected chi connectivity index (χ3v) is 4.71. The van der Waals surface area contributed by atoms with Crippen molar-refractivity contribution in [3.05, 3.63) is 23.8 Å². The van der Waals surface area contributed by atoms with Crippen molar-refractivity contribution in [2.75, 3.05) is 33.9 Å². The van der Waals surface area contributed by atoms with E-state index in [1.165, 1.54) is 19.3 Å². The van der Waals surface area contributed by atoms with Gasteiger partial charge in [-0.1, -0.05) is 26.3 Å². The van der Waals surface area contributed by atoms with Crippen LogP contribution in [0.3, 0.4) is 0 Å². The molecule has 1 heterocycles. The van der Waals surface area contributed by atoms with E-state index in [0.717, 1.165) is 30.2 Å². The van der Waals surface area contributed by atoms with Gasteiger partial charge in [-0.15, -0.1) is 0 Å². The predicted molar refractivity (Wildman–Crippen MR) is 100 cm³/mol. The molecule has 1 atom stereocenters. The minimum absolute atomic E-state index is 0.123. The van der Waals surface area contributed by atoms with E-state index in [0.29, 0.717) is 18.9 Å². The standard InChI is InChI=1S/C20H32N2O3/c1-15(2)12-20(23)21-14-17(22-10-6-5-7-11-22)16-8-9-18(24-3)19(13-16)25-4/h8-9,13,15,17H,5-7,10-12,14H2,1-4H3,(H,21,23). The number of piperidine rings is 1. The van der Waals surface area contributed by atoms with Crippen molar-refractivity contribution in [3.63, 3.8) is 0 Å². The number of nitrogens with zero attached hydrogens (tertiary/aromatic N) is 1. The highest BCUT2D eigenvalue weighted by Gasteiger charge is 2.24. The lowest BCUT2D eigenvalue weighted by molar-refractivity contribution is -0.122. The number of rotatable bonds is 8. The van der Waals surface area contributed by atoms with E-state index < -0.39 is 0 Å². The minimum Gasteiger partial charge on any atom is -0.493 e. The van der Waals surface area contributed by atoms with Crippen molar-refractivity contribution in [3.8, 4) is 11.5 Å². The van der Waals surface area contributed by atoms with Gasteiger partial charge in [0.2, 0.25) is 5.91 Å². The Bertz CT molecular complexity index is 554. The fraction of sp³-hybridized carbons (Fsp3) is 0.650. The maximum absolute atomic E-state index is 12.1. The number of hydrogen-bond acceptors (Lipinski definition) is 4. The van der Waals surface area contributed by atoms with E-state index >= 15 is 0 Å². The maximum atomic E-state index is 12.1. The first-order valence-electron chi connectivity index (χ1n) is 9.27. The van der Waals surface area contributed by atoms with E-state index in [1.54, 1.807) is 14.2 Å². The lowest BCUT2D eigenvalue weighted by Crippen LogP contribution is -2.40. The quantitative estimate of drug-likeness (QED) is 0.782. The van der Waals surface area contributed by atoms with E-state index in [4.69, 9.17) is 9.47 Å². The smallest absolute Gasteiger partial charge is 0.220 e. The largest absolute Gasteiger partial charge is 0.493 e. The Morgan fingerprint density at radius 2 is 1.80 bits per heavy atom. The number of nitrogens with one attached hydrogen (secondary N) is 1. The van der Waals surface area contributed by atoms with Crippen LogP contribution in [0.15, 0.2) is 18.2 Å². The first-order valence-corrected chi connectivity index (χ1v) is 9.27. The topological polar surface area (TPSA) is 50.8 Å². The van der Waals surface area contributed by atoms with E-state index in [2.05, 4.69) is 30.1 Å². The molecule has 1 aliphatic heterocycles. The number of methoxy groups -OCH3 is 2. The summed E-state index contributed by atoms with van der Waals surface area (Å²) in [6.45, 7) is 6.89. The summed E-state index contributed by atoms with van der Waals surface area (Å²) in [6.07, 6.45) is 4.28. The number of carbonyl (C=O) groups is 1. The molecule has 0 saturated carbocycles. The number of ether oxygens (including phenoxy) is 2. The number of benzene rings is 1. The second-order valence-electron chi connectivity index (χ2n) is 7.13. The third-order valence-electron chi connectivity index (χ3n) is 4.71. The average Bonchev–Trinajstić information content (AvgIpc) is 2.62. The molecule has 0 spiro atoms. The van der Waals surface area contributed by atoms with E-state index in [9.17, 15) is 4.79 Å². The van der Waals surface area contributed by atoms with Crippen molar-refractivity contribution >= 4 is 5.91 Å². The minimum atomic E-state index is 0.123. The molecule has 1 unspecified atom stereocenters. The average molecular weight is 348 g/mol. The van der Waals surface area contributed by atoms with Crippen molar-refractivity contribution in [1.29, 1.82) is 0 Å². The zero-order valence-corrected chi connectivity index (χ0v) is 16.0. The lowest BCUT2D eigenvalue weighted by atomic mass is 10.0. The van der Waals surface area contributed by atoms with Crippen molar-refractivity contribution < 1.29 is 14.3 Å². The Morgan fingerprint density at radius 3 is 2.40 bits per heavy atom. The number of hydrogen-bond donors (Lipinski definition) is 1. The van der Waals surface area contributed by atoms with Crippen LogP contribution in [0.2, 0.25) is 0 Å². The highest BCUT2D eigenvalue weighted by molar-refractivity contribution is 5.76. The molecule has 5 heteroatoms. The molecule has 0 radical (unpaired) electrons. The molecule has 0 aliphatic carbocycles. The highest BCUT2D eigenvalue weighted by atomic mass is 16.5. The third kappa shape index (κ3) is 5.63. The fourth-order valence-corrected chi connectivity index (χ4v) is 3.40. The Hall–Kier alpha value is -1.75. The van der Waals surface area contributed by atoms with Crippen LogP contribution in [-0.2, 0) is 4.79 Å². The van der Waals surface area contributed by atoms with Crippen LogP contribution in [-0.4, -0.2) is 44.7 Å². The summed E-state index contributed by atoms with van der Waals surface area (Å²) in [6, 6.07) is 6.22. The second-order valence-corrected chi connectivity index (χ2v) is 7.13. The van der Waals surface area contributed by atoms with Crippen molar-refractivity contribution in [2.45, 2.75) is 45.6 Å². The zero-order valence-electron chi connectivity index (χ0n) is 16.0. The molecule has 1 N–H and O–H groups in total. The number of likely N-dealkylation sites (tertiary alicyclic amines) is 1. The molecule has 1 aromatic carbocycles. The van der Waals surface area contributed by atoms with Gasteiger partial charge >= 0.3 is 0 Å². The summed E-state index contributed by atoms with van der Waals surface area (Å²) in [4.78, 5) is 14.6. The number of amides is 1. The van der Waals surface area contributed by atoms with Crippen molar-refractivity contribution in [2.24, 2.45) is 5.92 Å². The molecule has 1 aromatic rings. The second kappa shape index (κ2) is 9.66. The Balaban J connectivity index is 2.17. The van der Waals surface area contributed by atoms with Crippen LogP contribution in [0.25, 0.3) is 0 Å². The van der Waals surface area contributed by atoms with Crippen LogP contribution < -0.4 is 14.8 Å². The molecule has 0 aromatic heterocycles. The number of carbonyl (C=O) groups excluding carboxylic acids is 1. The normalized spacial score (nSPS) is 16.5. The predicted octanol–water partition coefficient (Wildman–Crippen LogP) is 3.39. The van der Waals surface area contributed by atoms with Gasteiger partial charge in [0.1, 0.15) is 0 Å². The van der Waals surface area contributed by atoms with Gasteiger partial charge in [-0.05, 0) is 49.5 Å². The van der Waals surface area contributed by atoms with Gasteiger partial charge in [-0.3, -0.25) is 9.69 Å². The molecule has 140 valence electrons.